The van der Waals surface area contributed by atoms with Gasteiger partial charge in [0.2, 0.25) is 6.79 Å². The van der Waals surface area contributed by atoms with Crippen LogP contribution in [0.15, 0.2) is 42.5 Å². The van der Waals surface area contributed by atoms with Crippen LogP contribution in [0.2, 0.25) is 0 Å². The molecule has 27 heavy (non-hydrogen) atoms. The number of likely N-dealkylation sites (N-methyl/N-ethyl adjacent to an activating group) is 1. The van der Waals surface area contributed by atoms with E-state index in [2.05, 4.69) is 48.2 Å². The summed E-state index contributed by atoms with van der Waals surface area (Å²) in [7, 11) is 1.75. The maximum absolute atomic E-state index is 5.57. The second kappa shape index (κ2) is 8.22. The van der Waals surface area contributed by atoms with E-state index in [1.165, 1.54) is 30.4 Å². The number of ether oxygens (including phenoxy) is 3. The number of benzene rings is 2. The minimum absolute atomic E-state index is 0.343. The van der Waals surface area contributed by atoms with E-state index in [4.69, 9.17) is 14.2 Å². The fraction of sp³-hybridized carbons (Fsp3) is 0.478. The molecular formula is C23H29NO3. The zero-order chi connectivity index (χ0) is 18.6. The van der Waals surface area contributed by atoms with Gasteiger partial charge >= 0.3 is 0 Å². The third kappa shape index (κ3) is 3.91. The molecule has 1 fully saturated rings. The van der Waals surface area contributed by atoms with Gasteiger partial charge in [0.15, 0.2) is 11.5 Å². The Morgan fingerprint density at radius 3 is 2.81 bits per heavy atom. The van der Waals surface area contributed by atoms with Crippen molar-refractivity contribution >= 4 is 0 Å². The number of fused-ring (bicyclic) bond motifs is 1. The van der Waals surface area contributed by atoms with Gasteiger partial charge in [0, 0.05) is 12.6 Å². The lowest BCUT2D eigenvalue weighted by Gasteiger charge is -2.22. The number of methoxy groups -OCH3 is 1. The van der Waals surface area contributed by atoms with Gasteiger partial charge in [-0.25, -0.2) is 0 Å². The molecule has 0 aliphatic carbocycles. The van der Waals surface area contributed by atoms with E-state index in [1.54, 1.807) is 7.11 Å². The van der Waals surface area contributed by atoms with Crippen LogP contribution >= 0.6 is 0 Å². The van der Waals surface area contributed by atoms with Crippen molar-refractivity contribution in [2.75, 3.05) is 27.0 Å². The quantitative estimate of drug-likeness (QED) is 0.714. The molecule has 2 unspecified atom stereocenters. The van der Waals surface area contributed by atoms with Crippen LogP contribution in [0.5, 0.6) is 17.2 Å². The summed E-state index contributed by atoms with van der Waals surface area (Å²) in [5.41, 5.74) is 2.69. The van der Waals surface area contributed by atoms with Crippen molar-refractivity contribution < 1.29 is 14.2 Å². The van der Waals surface area contributed by atoms with Crippen LogP contribution in [0.25, 0.3) is 0 Å². The molecule has 4 heteroatoms. The minimum Gasteiger partial charge on any atom is -0.496 e. The highest BCUT2D eigenvalue weighted by Crippen LogP contribution is 2.39. The zero-order valence-electron chi connectivity index (χ0n) is 16.3. The molecule has 0 saturated carbocycles. The molecule has 2 aromatic carbocycles. The number of aryl methyl sites for hydroxylation is 1. The van der Waals surface area contributed by atoms with Crippen molar-refractivity contribution in [1.29, 1.82) is 0 Å². The second-order valence-corrected chi connectivity index (χ2v) is 7.49. The van der Waals surface area contributed by atoms with E-state index >= 15 is 0 Å². The topological polar surface area (TPSA) is 30.9 Å². The first-order valence-corrected chi connectivity index (χ1v) is 10.0. The van der Waals surface area contributed by atoms with E-state index in [1.807, 2.05) is 6.07 Å². The fourth-order valence-corrected chi connectivity index (χ4v) is 4.52. The van der Waals surface area contributed by atoms with Crippen LogP contribution in [0.1, 0.15) is 43.2 Å². The van der Waals surface area contributed by atoms with E-state index in [-0.39, 0.29) is 0 Å². The lowest BCUT2D eigenvalue weighted by atomic mass is 9.94. The monoisotopic (exact) mass is 367 g/mol. The SMILES string of the molecule is CCN1CC(c2ccc3c(c2)OCO3)CC1CCCc1ccccc1OC. The van der Waals surface area contributed by atoms with Crippen molar-refractivity contribution in [2.45, 2.75) is 44.6 Å². The zero-order valence-corrected chi connectivity index (χ0v) is 16.3. The van der Waals surface area contributed by atoms with Gasteiger partial charge in [-0.1, -0.05) is 31.2 Å². The van der Waals surface area contributed by atoms with Crippen LogP contribution in [0.4, 0.5) is 0 Å². The molecule has 0 radical (unpaired) electrons. The van der Waals surface area contributed by atoms with Gasteiger partial charge in [0.1, 0.15) is 5.75 Å². The molecule has 2 aromatic rings. The van der Waals surface area contributed by atoms with Crippen molar-refractivity contribution in [2.24, 2.45) is 0 Å². The van der Waals surface area contributed by atoms with Gasteiger partial charge in [-0.2, -0.15) is 0 Å². The summed E-state index contributed by atoms with van der Waals surface area (Å²) in [6.45, 7) is 4.86. The molecule has 0 bridgehead atoms. The van der Waals surface area contributed by atoms with Crippen molar-refractivity contribution in [3.8, 4) is 17.2 Å². The van der Waals surface area contributed by atoms with Gasteiger partial charge < -0.3 is 19.1 Å². The van der Waals surface area contributed by atoms with Gasteiger partial charge in [0.25, 0.3) is 0 Å². The summed E-state index contributed by atoms with van der Waals surface area (Å²) in [6, 6.07) is 15.5. The lowest BCUT2D eigenvalue weighted by Crippen LogP contribution is -2.29. The summed E-state index contributed by atoms with van der Waals surface area (Å²) in [5.74, 6) is 3.36. The predicted molar refractivity (Wildman–Crippen MR) is 107 cm³/mol. The molecule has 0 amide bonds. The Morgan fingerprint density at radius 2 is 1.96 bits per heavy atom. The fourth-order valence-electron chi connectivity index (χ4n) is 4.52. The van der Waals surface area contributed by atoms with Crippen LogP contribution in [0.3, 0.4) is 0 Å². The number of likely N-dealkylation sites (tertiary alicyclic amines) is 1. The molecule has 0 spiro atoms. The molecule has 144 valence electrons. The Labute approximate surface area is 162 Å². The molecule has 2 atom stereocenters. The third-order valence-electron chi connectivity index (χ3n) is 5.98. The molecule has 0 N–H and O–H groups in total. The predicted octanol–water partition coefficient (Wildman–Crippen LogP) is 4.62. The van der Waals surface area contributed by atoms with E-state index in [9.17, 15) is 0 Å². The summed E-state index contributed by atoms with van der Waals surface area (Å²) < 4.78 is 16.5. The Balaban J connectivity index is 1.37. The smallest absolute Gasteiger partial charge is 0.231 e. The van der Waals surface area contributed by atoms with Crippen molar-refractivity contribution in [3.05, 3.63) is 53.6 Å². The third-order valence-corrected chi connectivity index (χ3v) is 5.98. The molecule has 2 heterocycles. The van der Waals surface area contributed by atoms with Crippen molar-refractivity contribution in [3.63, 3.8) is 0 Å². The first-order valence-electron chi connectivity index (χ1n) is 10.0. The summed E-state index contributed by atoms with van der Waals surface area (Å²) in [5, 5.41) is 0. The summed E-state index contributed by atoms with van der Waals surface area (Å²) in [6.07, 6.45) is 4.72. The van der Waals surface area contributed by atoms with Crippen molar-refractivity contribution in [1.82, 2.24) is 4.90 Å². The molecule has 2 aliphatic rings. The maximum Gasteiger partial charge on any atom is 0.231 e. The van der Waals surface area contributed by atoms with E-state index < -0.39 is 0 Å². The number of hydrogen-bond donors (Lipinski definition) is 0. The van der Waals surface area contributed by atoms with Gasteiger partial charge in [-0.05, 0) is 67.5 Å². The Hall–Kier alpha value is -2.20. The second-order valence-electron chi connectivity index (χ2n) is 7.49. The van der Waals surface area contributed by atoms with Crippen LogP contribution in [-0.2, 0) is 6.42 Å². The number of hydrogen-bond acceptors (Lipinski definition) is 4. The first kappa shape index (κ1) is 18.2. The van der Waals surface area contributed by atoms with Gasteiger partial charge in [-0.15, -0.1) is 0 Å². The average molecular weight is 367 g/mol. The highest BCUT2D eigenvalue weighted by molar-refractivity contribution is 5.45. The first-order chi connectivity index (χ1) is 13.3. The molecule has 4 rings (SSSR count). The summed E-state index contributed by atoms with van der Waals surface area (Å²) >= 11 is 0. The number of nitrogens with zero attached hydrogens (tertiary/aromatic N) is 1. The standard InChI is InChI=1S/C23H29NO3/c1-3-24-15-19(18-11-12-22-23(14-18)27-16-26-22)13-20(24)9-6-8-17-7-4-5-10-21(17)25-2/h4-5,7,10-12,14,19-20H,3,6,8-9,13,15-16H2,1-2H3. The van der Waals surface area contributed by atoms with Crippen LogP contribution in [0, 0.1) is 0 Å². The molecular weight excluding hydrogens is 338 g/mol. The normalized spacial score (nSPS) is 21.6. The largest absolute Gasteiger partial charge is 0.496 e. The van der Waals surface area contributed by atoms with E-state index in [0.717, 1.165) is 36.8 Å². The van der Waals surface area contributed by atoms with Crippen LogP contribution < -0.4 is 14.2 Å². The lowest BCUT2D eigenvalue weighted by molar-refractivity contribution is 0.174. The van der Waals surface area contributed by atoms with Gasteiger partial charge in [0.05, 0.1) is 7.11 Å². The maximum atomic E-state index is 5.57. The average Bonchev–Trinajstić information content (AvgIpc) is 3.34. The Kier molecular flexibility index (Phi) is 5.53. The number of para-hydroxylation sites is 1. The minimum atomic E-state index is 0.343. The molecule has 0 aromatic heterocycles. The Bertz CT molecular complexity index is 776. The molecule has 4 nitrogen and oxygen atoms in total. The number of rotatable bonds is 7. The highest BCUT2D eigenvalue weighted by atomic mass is 16.7. The summed E-state index contributed by atoms with van der Waals surface area (Å²) in [4.78, 5) is 2.64. The molecule has 2 aliphatic heterocycles. The van der Waals surface area contributed by atoms with E-state index in [0.29, 0.717) is 18.8 Å². The molecule has 1 saturated heterocycles. The van der Waals surface area contributed by atoms with Gasteiger partial charge in [-0.3, -0.25) is 0 Å². The Morgan fingerprint density at radius 1 is 1.11 bits per heavy atom. The van der Waals surface area contributed by atoms with Crippen LogP contribution in [-0.4, -0.2) is 37.9 Å². The highest BCUT2D eigenvalue weighted by Gasteiger charge is 2.32.